The highest BCUT2D eigenvalue weighted by molar-refractivity contribution is 7.90. The van der Waals surface area contributed by atoms with Crippen LogP contribution in [-0.2, 0) is 16.3 Å². The number of aromatic nitrogens is 2. The second-order valence-electron chi connectivity index (χ2n) is 2.58. The SMILES string of the molecule is CS(=O)(=O)CCc1cnccn1. The minimum absolute atomic E-state index is 0.131. The van der Waals surface area contributed by atoms with Gasteiger partial charge in [0.1, 0.15) is 9.84 Å². The van der Waals surface area contributed by atoms with Gasteiger partial charge in [0.2, 0.25) is 0 Å². The van der Waals surface area contributed by atoms with Crippen LogP contribution in [0.2, 0.25) is 0 Å². The second-order valence-corrected chi connectivity index (χ2v) is 4.84. The van der Waals surface area contributed by atoms with Gasteiger partial charge < -0.3 is 0 Å². The molecule has 0 atom stereocenters. The van der Waals surface area contributed by atoms with Crippen LogP contribution in [0.5, 0.6) is 0 Å². The Kier molecular flexibility index (Phi) is 2.75. The van der Waals surface area contributed by atoms with E-state index in [1.54, 1.807) is 18.6 Å². The topological polar surface area (TPSA) is 59.9 Å². The molecule has 0 spiro atoms. The summed E-state index contributed by atoms with van der Waals surface area (Å²) in [6, 6.07) is 0. The number of aryl methyl sites for hydroxylation is 1. The minimum Gasteiger partial charge on any atom is -0.261 e. The van der Waals surface area contributed by atoms with Crippen molar-refractivity contribution >= 4 is 9.84 Å². The number of sulfone groups is 1. The largest absolute Gasteiger partial charge is 0.261 e. The van der Waals surface area contributed by atoms with E-state index in [-0.39, 0.29) is 5.75 Å². The number of rotatable bonds is 3. The quantitative estimate of drug-likeness (QED) is 0.670. The van der Waals surface area contributed by atoms with Gasteiger partial charge in [0.15, 0.2) is 0 Å². The van der Waals surface area contributed by atoms with Gasteiger partial charge in [-0.25, -0.2) is 8.42 Å². The highest BCUT2D eigenvalue weighted by Gasteiger charge is 2.02. The molecule has 66 valence electrons. The standard InChI is InChI=1S/C7H10N2O2S/c1-12(10,11)5-2-7-6-8-3-4-9-7/h3-4,6H,2,5H2,1H3. The molecule has 0 aliphatic heterocycles. The van der Waals surface area contributed by atoms with E-state index in [2.05, 4.69) is 9.97 Å². The average molecular weight is 186 g/mol. The molecule has 1 aromatic rings. The molecule has 0 fully saturated rings. The first-order chi connectivity index (χ1) is 5.58. The van der Waals surface area contributed by atoms with Crippen LogP contribution in [0.25, 0.3) is 0 Å². The Morgan fingerprint density at radius 3 is 2.67 bits per heavy atom. The van der Waals surface area contributed by atoms with Crippen molar-refractivity contribution in [3.05, 3.63) is 24.3 Å². The highest BCUT2D eigenvalue weighted by Crippen LogP contribution is 1.94. The fourth-order valence-electron chi connectivity index (χ4n) is 0.749. The van der Waals surface area contributed by atoms with Crippen molar-refractivity contribution < 1.29 is 8.42 Å². The summed E-state index contributed by atoms with van der Waals surface area (Å²) in [7, 11) is -2.89. The molecule has 0 aliphatic rings. The van der Waals surface area contributed by atoms with Gasteiger partial charge in [-0.15, -0.1) is 0 Å². The molecule has 0 unspecified atom stereocenters. The maximum absolute atomic E-state index is 10.8. The third-order valence-corrected chi connectivity index (χ3v) is 2.29. The summed E-state index contributed by atoms with van der Waals surface area (Å²) >= 11 is 0. The van der Waals surface area contributed by atoms with Gasteiger partial charge in [-0.05, 0) is 0 Å². The van der Waals surface area contributed by atoms with E-state index in [0.717, 1.165) is 0 Å². The Morgan fingerprint density at radius 1 is 1.42 bits per heavy atom. The maximum Gasteiger partial charge on any atom is 0.147 e. The second kappa shape index (κ2) is 3.62. The Labute approximate surface area is 71.6 Å². The summed E-state index contributed by atoms with van der Waals surface area (Å²) in [6.07, 6.45) is 6.34. The van der Waals surface area contributed by atoms with Crippen molar-refractivity contribution in [2.24, 2.45) is 0 Å². The van der Waals surface area contributed by atoms with Crippen LogP contribution in [-0.4, -0.2) is 30.4 Å². The first-order valence-electron chi connectivity index (χ1n) is 3.50. The molecule has 0 saturated heterocycles. The van der Waals surface area contributed by atoms with Crippen molar-refractivity contribution in [1.82, 2.24) is 9.97 Å². The molecule has 0 saturated carbocycles. The molecule has 12 heavy (non-hydrogen) atoms. The molecule has 0 radical (unpaired) electrons. The molecule has 0 bridgehead atoms. The molecule has 1 heterocycles. The van der Waals surface area contributed by atoms with Gasteiger partial charge in [0.05, 0.1) is 11.4 Å². The smallest absolute Gasteiger partial charge is 0.147 e. The predicted molar refractivity (Wildman–Crippen MR) is 45.4 cm³/mol. The number of hydrogen-bond donors (Lipinski definition) is 0. The summed E-state index contributed by atoms with van der Waals surface area (Å²) in [5.74, 6) is 0.131. The fourth-order valence-corrected chi connectivity index (χ4v) is 1.33. The zero-order valence-corrected chi connectivity index (χ0v) is 7.58. The Hall–Kier alpha value is -0.970. The predicted octanol–water partition coefficient (Wildman–Crippen LogP) is 0.0637. The Balaban J connectivity index is 2.56. The Morgan fingerprint density at radius 2 is 2.17 bits per heavy atom. The van der Waals surface area contributed by atoms with E-state index >= 15 is 0 Å². The molecule has 0 aromatic carbocycles. The Bertz CT molecular complexity index is 334. The van der Waals surface area contributed by atoms with E-state index < -0.39 is 9.84 Å². The fraction of sp³-hybridized carbons (Fsp3) is 0.429. The lowest BCUT2D eigenvalue weighted by molar-refractivity contribution is 0.600. The van der Waals surface area contributed by atoms with E-state index in [1.807, 2.05) is 0 Å². The first kappa shape index (κ1) is 9.12. The monoisotopic (exact) mass is 186 g/mol. The summed E-state index contributed by atoms with van der Waals surface area (Å²) in [5, 5.41) is 0. The lowest BCUT2D eigenvalue weighted by atomic mass is 10.4. The molecule has 1 aromatic heterocycles. The molecule has 1 rings (SSSR count). The summed E-state index contributed by atoms with van der Waals surface area (Å²) in [5.41, 5.74) is 0.711. The van der Waals surface area contributed by atoms with Crippen molar-refractivity contribution in [2.45, 2.75) is 6.42 Å². The summed E-state index contributed by atoms with van der Waals surface area (Å²) < 4.78 is 21.5. The molecule has 4 nitrogen and oxygen atoms in total. The maximum atomic E-state index is 10.8. The molecule has 5 heteroatoms. The zero-order valence-electron chi connectivity index (χ0n) is 6.77. The molecular weight excluding hydrogens is 176 g/mol. The van der Waals surface area contributed by atoms with Crippen LogP contribution in [0.1, 0.15) is 5.69 Å². The van der Waals surface area contributed by atoms with Crippen LogP contribution >= 0.6 is 0 Å². The lowest BCUT2D eigenvalue weighted by Gasteiger charge is -1.96. The molecule has 0 N–H and O–H groups in total. The number of hydrogen-bond acceptors (Lipinski definition) is 4. The van der Waals surface area contributed by atoms with Crippen LogP contribution < -0.4 is 0 Å². The van der Waals surface area contributed by atoms with Gasteiger partial charge in [-0.2, -0.15) is 0 Å². The van der Waals surface area contributed by atoms with Gasteiger partial charge in [-0.3, -0.25) is 9.97 Å². The van der Waals surface area contributed by atoms with Gasteiger partial charge in [0.25, 0.3) is 0 Å². The van der Waals surface area contributed by atoms with Crippen LogP contribution in [0.4, 0.5) is 0 Å². The minimum atomic E-state index is -2.89. The van der Waals surface area contributed by atoms with E-state index in [0.29, 0.717) is 12.1 Å². The van der Waals surface area contributed by atoms with Gasteiger partial charge >= 0.3 is 0 Å². The van der Waals surface area contributed by atoms with Crippen LogP contribution in [0.3, 0.4) is 0 Å². The van der Waals surface area contributed by atoms with Gasteiger partial charge in [-0.1, -0.05) is 0 Å². The van der Waals surface area contributed by atoms with Gasteiger partial charge in [0, 0.05) is 31.3 Å². The molecular formula is C7H10N2O2S. The number of nitrogens with zero attached hydrogens (tertiary/aromatic N) is 2. The van der Waals surface area contributed by atoms with Crippen molar-refractivity contribution in [1.29, 1.82) is 0 Å². The lowest BCUT2D eigenvalue weighted by Crippen LogP contribution is -2.06. The normalized spacial score (nSPS) is 11.4. The van der Waals surface area contributed by atoms with Crippen molar-refractivity contribution in [3.63, 3.8) is 0 Å². The van der Waals surface area contributed by atoms with E-state index in [4.69, 9.17) is 0 Å². The average Bonchev–Trinajstić information content (AvgIpc) is 2.02. The van der Waals surface area contributed by atoms with Crippen molar-refractivity contribution in [2.75, 3.05) is 12.0 Å². The summed E-state index contributed by atoms with van der Waals surface area (Å²) in [6.45, 7) is 0. The van der Waals surface area contributed by atoms with E-state index in [9.17, 15) is 8.42 Å². The van der Waals surface area contributed by atoms with Crippen LogP contribution in [0.15, 0.2) is 18.6 Å². The third-order valence-electron chi connectivity index (χ3n) is 1.35. The highest BCUT2D eigenvalue weighted by atomic mass is 32.2. The first-order valence-corrected chi connectivity index (χ1v) is 5.56. The molecule has 0 amide bonds. The van der Waals surface area contributed by atoms with Crippen LogP contribution in [0, 0.1) is 0 Å². The third kappa shape index (κ3) is 3.43. The zero-order chi connectivity index (χ0) is 9.03. The molecule has 0 aliphatic carbocycles. The summed E-state index contributed by atoms with van der Waals surface area (Å²) in [4.78, 5) is 7.78. The van der Waals surface area contributed by atoms with E-state index in [1.165, 1.54) is 6.26 Å². The van der Waals surface area contributed by atoms with Crippen molar-refractivity contribution in [3.8, 4) is 0 Å².